The Balaban J connectivity index is 2.35. The van der Waals surface area contributed by atoms with Crippen LogP contribution in [0.4, 0.5) is 0 Å². The van der Waals surface area contributed by atoms with Gasteiger partial charge in [0.15, 0.2) is 6.29 Å². The molecule has 5 atom stereocenters. The Bertz CT molecular complexity index is 292. The zero-order valence-corrected chi connectivity index (χ0v) is 12.2. The summed E-state index contributed by atoms with van der Waals surface area (Å²) < 4.78 is 11.0. The highest BCUT2D eigenvalue weighted by molar-refractivity contribution is 5.80. The van der Waals surface area contributed by atoms with Crippen molar-refractivity contribution in [2.45, 2.75) is 77.7 Å². The number of aliphatic hydroxyl groups excluding tert-OH is 2. The average Bonchev–Trinajstić information content (AvgIpc) is 2.32. The summed E-state index contributed by atoms with van der Waals surface area (Å²) >= 11 is 0. The Labute approximate surface area is 114 Å². The molecular formula is C14H26O5. The van der Waals surface area contributed by atoms with E-state index in [1.807, 2.05) is 20.8 Å². The van der Waals surface area contributed by atoms with Crippen LogP contribution in [0.1, 0.15) is 47.0 Å². The molecule has 1 rings (SSSR count). The van der Waals surface area contributed by atoms with Crippen molar-refractivity contribution in [2.75, 3.05) is 0 Å². The summed E-state index contributed by atoms with van der Waals surface area (Å²) in [6.45, 7) is 7.37. The largest absolute Gasteiger partial charge is 0.390 e. The monoisotopic (exact) mass is 274 g/mol. The molecule has 0 aromatic carbocycles. The second-order valence-electron chi connectivity index (χ2n) is 5.69. The third-order valence-electron chi connectivity index (χ3n) is 3.50. The maximum atomic E-state index is 11.5. The first-order valence-corrected chi connectivity index (χ1v) is 7.01. The van der Waals surface area contributed by atoms with Crippen LogP contribution in [0.2, 0.25) is 0 Å². The van der Waals surface area contributed by atoms with Crippen molar-refractivity contribution in [3.05, 3.63) is 0 Å². The minimum atomic E-state index is -0.825. The second kappa shape index (κ2) is 7.33. The van der Waals surface area contributed by atoms with Gasteiger partial charge in [0.1, 0.15) is 11.9 Å². The molecule has 1 fully saturated rings. The number of rotatable bonds is 6. The number of carbonyl (C=O) groups is 1. The van der Waals surface area contributed by atoms with Crippen LogP contribution in [-0.4, -0.2) is 46.7 Å². The molecule has 0 bridgehead atoms. The lowest BCUT2D eigenvalue weighted by atomic mass is 10.0. The molecule has 112 valence electrons. The lowest BCUT2D eigenvalue weighted by molar-refractivity contribution is -0.273. The lowest BCUT2D eigenvalue weighted by Crippen LogP contribution is -2.48. The summed E-state index contributed by atoms with van der Waals surface area (Å²) in [7, 11) is 0. The van der Waals surface area contributed by atoms with Gasteiger partial charge in [-0.15, -0.1) is 0 Å². The standard InChI is InChI=1S/C14H26O5/c1-8(2)11(15)6-5-9(3)18-14-13(17)7-12(16)10(4)19-14/h8-10,12-14,16-17H,5-7H2,1-4H3/t9?,10-,12+,13+,14+/m0/s1. The van der Waals surface area contributed by atoms with E-state index in [1.165, 1.54) is 0 Å². The van der Waals surface area contributed by atoms with Crippen molar-refractivity contribution in [1.29, 1.82) is 0 Å². The number of ether oxygens (including phenoxy) is 2. The highest BCUT2D eigenvalue weighted by Crippen LogP contribution is 2.22. The molecule has 19 heavy (non-hydrogen) atoms. The Morgan fingerprint density at radius 2 is 1.95 bits per heavy atom. The summed E-state index contributed by atoms with van der Waals surface area (Å²) in [5, 5.41) is 19.3. The zero-order chi connectivity index (χ0) is 14.6. The first-order chi connectivity index (χ1) is 8.81. The molecular weight excluding hydrogens is 248 g/mol. The van der Waals surface area contributed by atoms with Crippen molar-refractivity contribution >= 4 is 5.78 Å². The molecule has 1 saturated heterocycles. The average molecular weight is 274 g/mol. The Morgan fingerprint density at radius 3 is 2.53 bits per heavy atom. The molecule has 2 N–H and O–H groups in total. The van der Waals surface area contributed by atoms with Crippen molar-refractivity contribution in [3.63, 3.8) is 0 Å². The van der Waals surface area contributed by atoms with Gasteiger partial charge in [-0.1, -0.05) is 13.8 Å². The zero-order valence-electron chi connectivity index (χ0n) is 12.2. The van der Waals surface area contributed by atoms with Gasteiger partial charge in [0.05, 0.1) is 18.3 Å². The van der Waals surface area contributed by atoms with Crippen molar-refractivity contribution in [1.82, 2.24) is 0 Å². The summed E-state index contributed by atoms with van der Waals surface area (Å²) in [5.41, 5.74) is 0. The Morgan fingerprint density at radius 1 is 1.32 bits per heavy atom. The summed E-state index contributed by atoms with van der Waals surface area (Å²) in [6.07, 6.45) is -1.38. The number of Topliss-reactive ketones (excluding diaryl/α,β-unsaturated/α-hetero) is 1. The van der Waals surface area contributed by atoms with Crippen molar-refractivity contribution < 1.29 is 24.5 Å². The second-order valence-corrected chi connectivity index (χ2v) is 5.69. The maximum Gasteiger partial charge on any atom is 0.184 e. The van der Waals surface area contributed by atoms with E-state index in [1.54, 1.807) is 6.92 Å². The highest BCUT2D eigenvalue weighted by atomic mass is 16.7. The lowest BCUT2D eigenvalue weighted by Gasteiger charge is -2.36. The van der Waals surface area contributed by atoms with Crippen LogP contribution in [0.3, 0.4) is 0 Å². The van der Waals surface area contributed by atoms with E-state index in [9.17, 15) is 15.0 Å². The first kappa shape index (κ1) is 16.6. The third kappa shape index (κ3) is 5.18. The van der Waals surface area contributed by atoms with E-state index >= 15 is 0 Å². The Hall–Kier alpha value is -0.490. The van der Waals surface area contributed by atoms with E-state index in [4.69, 9.17) is 9.47 Å². The molecule has 1 aliphatic heterocycles. The predicted molar refractivity (Wildman–Crippen MR) is 70.6 cm³/mol. The molecule has 0 saturated carbocycles. The fourth-order valence-corrected chi connectivity index (χ4v) is 2.00. The van der Waals surface area contributed by atoms with Gasteiger partial charge in [-0.3, -0.25) is 4.79 Å². The number of ketones is 1. The first-order valence-electron chi connectivity index (χ1n) is 7.01. The maximum absolute atomic E-state index is 11.5. The van der Waals surface area contributed by atoms with Gasteiger partial charge < -0.3 is 19.7 Å². The van der Waals surface area contributed by atoms with Gasteiger partial charge in [0, 0.05) is 18.8 Å². The fraction of sp³-hybridized carbons (Fsp3) is 0.929. The minimum absolute atomic E-state index is 0.0406. The molecule has 0 aliphatic carbocycles. The molecule has 1 unspecified atom stereocenters. The van der Waals surface area contributed by atoms with E-state index < -0.39 is 18.5 Å². The molecule has 0 aromatic heterocycles. The molecule has 5 nitrogen and oxygen atoms in total. The van der Waals surface area contributed by atoms with Crippen LogP contribution in [-0.2, 0) is 14.3 Å². The van der Waals surface area contributed by atoms with E-state index in [0.717, 1.165) is 0 Å². The van der Waals surface area contributed by atoms with Gasteiger partial charge in [-0.05, 0) is 20.3 Å². The summed E-state index contributed by atoms with van der Waals surface area (Å²) in [5.74, 6) is 0.253. The molecule has 0 amide bonds. The molecule has 1 heterocycles. The molecule has 1 aliphatic rings. The third-order valence-corrected chi connectivity index (χ3v) is 3.50. The van der Waals surface area contributed by atoms with Gasteiger partial charge in [0.2, 0.25) is 0 Å². The number of carbonyl (C=O) groups excluding carboxylic acids is 1. The van der Waals surface area contributed by atoms with Crippen molar-refractivity contribution in [3.8, 4) is 0 Å². The minimum Gasteiger partial charge on any atom is -0.390 e. The predicted octanol–water partition coefficient (Wildman–Crippen LogP) is 1.25. The molecule has 0 spiro atoms. The normalized spacial score (nSPS) is 33.4. The van der Waals surface area contributed by atoms with Gasteiger partial charge in [-0.2, -0.15) is 0 Å². The summed E-state index contributed by atoms with van der Waals surface area (Å²) in [4.78, 5) is 11.5. The quantitative estimate of drug-likeness (QED) is 0.762. The number of aliphatic hydroxyl groups is 2. The highest BCUT2D eigenvalue weighted by Gasteiger charge is 2.35. The Kier molecular flexibility index (Phi) is 6.39. The SMILES string of the molecule is CC(CCC(=O)C(C)C)O[C@@H]1O[C@@H](C)[C@H](O)C[C@H]1O. The van der Waals surface area contributed by atoms with Gasteiger partial charge in [0.25, 0.3) is 0 Å². The number of hydrogen-bond acceptors (Lipinski definition) is 5. The van der Waals surface area contributed by atoms with E-state index in [-0.39, 0.29) is 30.3 Å². The molecule has 5 heteroatoms. The topological polar surface area (TPSA) is 76.0 Å². The van der Waals surface area contributed by atoms with Crippen LogP contribution in [0.15, 0.2) is 0 Å². The smallest absolute Gasteiger partial charge is 0.184 e. The van der Waals surface area contributed by atoms with Crippen LogP contribution < -0.4 is 0 Å². The van der Waals surface area contributed by atoms with E-state index in [2.05, 4.69) is 0 Å². The summed E-state index contributed by atoms with van der Waals surface area (Å²) in [6, 6.07) is 0. The molecule has 0 aromatic rings. The van der Waals surface area contributed by atoms with Gasteiger partial charge in [-0.25, -0.2) is 0 Å². The fourth-order valence-electron chi connectivity index (χ4n) is 2.00. The van der Waals surface area contributed by atoms with E-state index in [0.29, 0.717) is 12.8 Å². The molecule has 0 radical (unpaired) electrons. The number of hydrogen-bond donors (Lipinski definition) is 2. The van der Waals surface area contributed by atoms with Crippen molar-refractivity contribution in [2.24, 2.45) is 5.92 Å². The van der Waals surface area contributed by atoms with Crippen LogP contribution in [0.5, 0.6) is 0 Å². The van der Waals surface area contributed by atoms with Crippen LogP contribution >= 0.6 is 0 Å². The van der Waals surface area contributed by atoms with Gasteiger partial charge >= 0.3 is 0 Å². The van der Waals surface area contributed by atoms with Crippen LogP contribution in [0.25, 0.3) is 0 Å². The van der Waals surface area contributed by atoms with Crippen LogP contribution in [0, 0.1) is 5.92 Å².